The highest BCUT2D eigenvalue weighted by atomic mass is 79.9. The first-order chi connectivity index (χ1) is 5.97. The number of hydrogen-bond donors (Lipinski definition) is 0. The van der Waals surface area contributed by atoms with Crippen LogP contribution in [0.15, 0.2) is 22.7 Å². The van der Waals surface area contributed by atoms with E-state index in [-0.39, 0.29) is 5.82 Å². The summed E-state index contributed by atoms with van der Waals surface area (Å²) in [5, 5.41) is 0. The summed E-state index contributed by atoms with van der Waals surface area (Å²) in [5.74, 6) is -0.338. The van der Waals surface area contributed by atoms with E-state index in [0.29, 0.717) is 10.0 Å². The van der Waals surface area contributed by atoms with Gasteiger partial charge < -0.3 is 4.85 Å². The van der Waals surface area contributed by atoms with Crippen LogP contribution in [0.5, 0.6) is 0 Å². The van der Waals surface area contributed by atoms with Crippen LogP contribution in [0.2, 0.25) is 0 Å². The summed E-state index contributed by atoms with van der Waals surface area (Å²) in [6, 6.07) is 4.76. The molecule has 1 nitrogen and oxygen atoms in total. The maximum Gasteiger partial charge on any atom is 0.254 e. The monoisotopic (exact) mass is 241 g/mol. The maximum atomic E-state index is 13.4. The van der Waals surface area contributed by atoms with Crippen molar-refractivity contribution < 1.29 is 4.39 Å². The van der Waals surface area contributed by atoms with Crippen LogP contribution in [0, 0.1) is 12.4 Å². The third-order valence-corrected chi connectivity index (χ3v) is 2.36. The van der Waals surface area contributed by atoms with Crippen molar-refractivity contribution in [2.24, 2.45) is 0 Å². The smallest absolute Gasteiger partial charge is 0.254 e. The summed E-state index contributed by atoms with van der Waals surface area (Å²) in [4.78, 5) is 3.38. The molecule has 1 aromatic carbocycles. The third-order valence-electron chi connectivity index (χ3n) is 1.87. The minimum Gasteiger partial charge on any atom is -0.306 e. The van der Waals surface area contributed by atoms with E-state index in [9.17, 15) is 4.39 Å². The fourth-order valence-corrected chi connectivity index (χ4v) is 1.38. The molecule has 0 fully saturated rings. The molecule has 0 heterocycles. The van der Waals surface area contributed by atoms with Gasteiger partial charge in [-0.3, -0.25) is 0 Å². The molecule has 13 heavy (non-hydrogen) atoms. The Bertz CT molecular complexity index is 366. The molecule has 0 radical (unpaired) electrons. The van der Waals surface area contributed by atoms with Crippen molar-refractivity contribution in [3.63, 3.8) is 0 Å². The van der Waals surface area contributed by atoms with Crippen molar-refractivity contribution in [1.29, 1.82) is 0 Å². The van der Waals surface area contributed by atoms with Crippen LogP contribution in [0.4, 0.5) is 4.39 Å². The van der Waals surface area contributed by atoms with Gasteiger partial charge in [0, 0.05) is 18.3 Å². The van der Waals surface area contributed by atoms with Crippen molar-refractivity contribution in [3.8, 4) is 0 Å². The predicted molar refractivity (Wildman–Crippen MR) is 53.7 cm³/mol. The Balaban J connectivity index is 3.26. The molecule has 1 aromatic rings. The van der Waals surface area contributed by atoms with E-state index >= 15 is 0 Å². The molecule has 0 amide bonds. The van der Waals surface area contributed by atoms with Crippen LogP contribution in [0.25, 0.3) is 4.85 Å². The van der Waals surface area contributed by atoms with E-state index < -0.39 is 5.54 Å². The van der Waals surface area contributed by atoms with Crippen LogP contribution < -0.4 is 0 Å². The molecular formula is C10H9BrFN. The van der Waals surface area contributed by atoms with Gasteiger partial charge in [0.1, 0.15) is 5.82 Å². The summed E-state index contributed by atoms with van der Waals surface area (Å²) in [6.07, 6.45) is 0. The molecule has 0 aliphatic carbocycles. The fourth-order valence-electron chi connectivity index (χ4n) is 1.05. The van der Waals surface area contributed by atoms with Crippen molar-refractivity contribution in [1.82, 2.24) is 0 Å². The highest BCUT2D eigenvalue weighted by Gasteiger charge is 2.29. The fraction of sp³-hybridized carbons (Fsp3) is 0.300. The number of nitrogens with zero attached hydrogens (tertiary/aromatic N) is 1. The van der Waals surface area contributed by atoms with Crippen molar-refractivity contribution in [2.45, 2.75) is 19.4 Å². The van der Waals surface area contributed by atoms with Gasteiger partial charge in [0.15, 0.2) is 0 Å². The second kappa shape index (κ2) is 3.47. The van der Waals surface area contributed by atoms with Gasteiger partial charge in [-0.25, -0.2) is 11.0 Å². The molecule has 1 rings (SSSR count). The Kier molecular flexibility index (Phi) is 2.72. The first-order valence-electron chi connectivity index (χ1n) is 3.81. The average Bonchev–Trinajstić information content (AvgIpc) is 2.03. The minimum atomic E-state index is -0.787. The molecule has 3 heteroatoms. The molecule has 0 N–H and O–H groups in total. The molecule has 0 aromatic heterocycles. The Morgan fingerprint density at radius 3 is 2.54 bits per heavy atom. The number of halogens is 2. The SMILES string of the molecule is [C-]#[N+]C(C)(C)c1ccc(Br)cc1F. The molecule has 0 atom stereocenters. The molecule has 0 saturated carbocycles. The number of hydrogen-bond acceptors (Lipinski definition) is 0. The van der Waals surface area contributed by atoms with Gasteiger partial charge in [0.25, 0.3) is 5.54 Å². The summed E-state index contributed by atoms with van der Waals surface area (Å²) in [5.41, 5.74) is -0.351. The first-order valence-corrected chi connectivity index (χ1v) is 4.61. The standard InChI is InChI=1S/C10H9BrFN/c1-10(2,13-3)8-5-4-7(11)6-9(8)12/h4-6H,1-2H3. The van der Waals surface area contributed by atoms with Crippen LogP contribution in [-0.4, -0.2) is 0 Å². The topological polar surface area (TPSA) is 4.36 Å². The van der Waals surface area contributed by atoms with Gasteiger partial charge in [-0.1, -0.05) is 15.9 Å². The van der Waals surface area contributed by atoms with Gasteiger partial charge in [-0.15, -0.1) is 0 Å². The lowest BCUT2D eigenvalue weighted by molar-refractivity contribution is 0.556. The quantitative estimate of drug-likeness (QED) is 0.660. The molecule has 0 aliphatic rings. The normalized spacial score (nSPS) is 11.0. The lowest BCUT2D eigenvalue weighted by Crippen LogP contribution is -2.13. The van der Waals surface area contributed by atoms with Gasteiger partial charge >= 0.3 is 0 Å². The van der Waals surface area contributed by atoms with Gasteiger partial charge in [-0.2, -0.15) is 0 Å². The van der Waals surface area contributed by atoms with E-state index in [1.54, 1.807) is 26.0 Å². The lowest BCUT2D eigenvalue weighted by atomic mass is 9.95. The van der Waals surface area contributed by atoms with E-state index in [0.717, 1.165) is 0 Å². The summed E-state index contributed by atoms with van der Waals surface area (Å²) < 4.78 is 14.0. The van der Waals surface area contributed by atoms with Crippen LogP contribution in [0.1, 0.15) is 19.4 Å². The molecule has 68 valence electrons. The van der Waals surface area contributed by atoms with Crippen molar-refractivity contribution >= 4 is 15.9 Å². The zero-order chi connectivity index (χ0) is 10.1. The zero-order valence-electron chi connectivity index (χ0n) is 7.44. The zero-order valence-corrected chi connectivity index (χ0v) is 9.02. The Morgan fingerprint density at radius 2 is 2.08 bits per heavy atom. The summed E-state index contributed by atoms with van der Waals surface area (Å²) in [6.45, 7) is 10.3. The van der Waals surface area contributed by atoms with Gasteiger partial charge in [0.2, 0.25) is 0 Å². The Morgan fingerprint density at radius 1 is 1.46 bits per heavy atom. The molecule has 0 spiro atoms. The van der Waals surface area contributed by atoms with Gasteiger partial charge in [-0.05, 0) is 18.2 Å². The highest BCUT2D eigenvalue weighted by molar-refractivity contribution is 9.10. The van der Waals surface area contributed by atoms with Crippen molar-refractivity contribution in [2.75, 3.05) is 0 Å². The molecule has 0 bridgehead atoms. The van der Waals surface area contributed by atoms with E-state index in [1.807, 2.05) is 0 Å². The second-order valence-corrected chi connectivity index (χ2v) is 4.21. The maximum absolute atomic E-state index is 13.4. The summed E-state index contributed by atoms with van der Waals surface area (Å²) in [7, 11) is 0. The molecule has 0 aliphatic heterocycles. The second-order valence-electron chi connectivity index (χ2n) is 3.29. The number of rotatable bonds is 1. The molecular weight excluding hydrogens is 233 g/mol. The highest BCUT2D eigenvalue weighted by Crippen LogP contribution is 2.28. The van der Waals surface area contributed by atoms with Gasteiger partial charge in [0.05, 0.1) is 5.56 Å². The van der Waals surface area contributed by atoms with E-state index in [2.05, 4.69) is 20.8 Å². The minimum absolute atomic E-state index is 0.338. The average molecular weight is 242 g/mol. The van der Waals surface area contributed by atoms with Crippen LogP contribution in [-0.2, 0) is 5.54 Å². The van der Waals surface area contributed by atoms with E-state index in [4.69, 9.17) is 6.57 Å². The van der Waals surface area contributed by atoms with Crippen LogP contribution in [0.3, 0.4) is 0 Å². The largest absolute Gasteiger partial charge is 0.306 e. The van der Waals surface area contributed by atoms with Crippen LogP contribution >= 0.6 is 15.9 Å². The van der Waals surface area contributed by atoms with Crippen molar-refractivity contribution in [3.05, 3.63) is 45.5 Å². The lowest BCUT2D eigenvalue weighted by Gasteiger charge is -2.12. The summed E-state index contributed by atoms with van der Waals surface area (Å²) >= 11 is 3.17. The molecule has 0 unspecified atom stereocenters. The Hall–Kier alpha value is -0.880. The first kappa shape index (κ1) is 10.2. The molecule has 0 saturated heterocycles. The third kappa shape index (κ3) is 2.07. The van der Waals surface area contributed by atoms with E-state index in [1.165, 1.54) is 6.07 Å². The number of benzene rings is 1. The Labute approximate surface area is 85.5 Å². The predicted octanol–water partition coefficient (Wildman–Crippen LogP) is 3.74.